The predicted molar refractivity (Wildman–Crippen MR) is 131 cm³/mol. The van der Waals surface area contributed by atoms with Gasteiger partial charge >= 0.3 is 0 Å². The van der Waals surface area contributed by atoms with Crippen molar-refractivity contribution in [3.63, 3.8) is 0 Å². The number of hydrogen-bond acceptors (Lipinski definition) is 7. The highest BCUT2D eigenvalue weighted by Crippen LogP contribution is 2.33. The number of halogens is 1. The highest BCUT2D eigenvalue weighted by atomic mass is 35.5. The fraction of sp³-hybridized carbons (Fsp3) is 0.304. The number of rotatable bonds is 7. The Morgan fingerprint density at radius 3 is 2.73 bits per heavy atom. The molecule has 0 aliphatic carbocycles. The minimum atomic E-state index is -0.451. The van der Waals surface area contributed by atoms with Crippen LogP contribution in [0.3, 0.4) is 0 Å². The number of ether oxygens (including phenoxy) is 1. The lowest BCUT2D eigenvalue weighted by Gasteiger charge is -2.28. The van der Waals surface area contributed by atoms with E-state index in [0.29, 0.717) is 42.0 Å². The van der Waals surface area contributed by atoms with E-state index < -0.39 is 4.92 Å². The highest BCUT2D eigenvalue weighted by Gasteiger charge is 2.21. The Bertz CT molecular complexity index is 1190. The van der Waals surface area contributed by atoms with Crippen LogP contribution in [0.2, 0.25) is 5.02 Å². The topological polar surface area (TPSA) is 88.8 Å². The smallest absolute Gasteiger partial charge is 0.269 e. The van der Waals surface area contributed by atoms with Gasteiger partial charge in [-0.1, -0.05) is 22.9 Å². The van der Waals surface area contributed by atoms with Crippen LogP contribution in [-0.4, -0.2) is 60.1 Å². The lowest BCUT2D eigenvalue weighted by molar-refractivity contribution is -0.384. The van der Waals surface area contributed by atoms with Gasteiger partial charge in [-0.25, -0.2) is 4.98 Å². The van der Waals surface area contributed by atoms with Crippen LogP contribution < -0.4 is 4.90 Å². The Morgan fingerprint density at radius 2 is 2.03 bits per heavy atom. The fourth-order valence-corrected chi connectivity index (χ4v) is 5.04. The number of carbonyl (C=O) groups excluding carboxylic acids is 1. The van der Waals surface area contributed by atoms with Gasteiger partial charge in [-0.3, -0.25) is 24.7 Å². The molecule has 1 aromatic heterocycles. The van der Waals surface area contributed by atoms with Crippen molar-refractivity contribution < 1.29 is 14.5 Å². The van der Waals surface area contributed by atoms with E-state index in [1.807, 2.05) is 19.1 Å². The summed E-state index contributed by atoms with van der Waals surface area (Å²) in [5, 5.41) is 12.1. The van der Waals surface area contributed by atoms with Gasteiger partial charge in [0.1, 0.15) is 0 Å². The zero-order valence-corrected chi connectivity index (χ0v) is 19.6. The Hall–Kier alpha value is -2.85. The quantitative estimate of drug-likeness (QED) is 0.276. The maximum atomic E-state index is 13.2. The number of benzene rings is 2. The van der Waals surface area contributed by atoms with Crippen LogP contribution in [0.5, 0.6) is 0 Å². The standard InChI is InChI=1S/C23H23ClN4O4S/c1-16-14-18(24)15-20-22(16)25-23(33-20)27(9-8-26-10-12-32-13-11-26)21(29)7-4-17-2-5-19(6-3-17)28(30)31/h2-7,14-15H,8-13H2,1H3. The van der Waals surface area contributed by atoms with Crippen LogP contribution in [0.15, 0.2) is 42.5 Å². The molecule has 0 bridgehead atoms. The number of thiazole rings is 1. The number of nitro benzene ring substituents is 1. The summed E-state index contributed by atoms with van der Waals surface area (Å²) in [5.74, 6) is -0.204. The van der Waals surface area contributed by atoms with Gasteiger partial charge in [-0.05, 0) is 48.4 Å². The normalized spacial score (nSPS) is 14.7. The number of hydrogen-bond donors (Lipinski definition) is 0. The van der Waals surface area contributed by atoms with Crippen molar-refractivity contribution in [2.24, 2.45) is 0 Å². The Labute approximate surface area is 200 Å². The fourth-order valence-electron chi connectivity index (χ4n) is 3.59. The molecule has 1 amide bonds. The second-order valence-electron chi connectivity index (χ2n) is 7.69. The molecule has 0 saturated carbocycles. The first-order chi connectivity index (χ1) is 15.9. The van der Waals surface area contributed by atoms with Crippen LogP contribution in [0, 0.1) is 17.0 Å². The number of nitrogens with zero attached hydrogens (tertiary/aromatic N) is 4. The second kappa shape index (κ2) is 10.4. The molecule has 0 atom stereocenters. The van der Waals surface area contributed by atoms with Gasteiger partial charge in [0, 0.05) is 49.4 Å². The van der Waals surface area contributed by atoms with E-state index in [4.69, 9.17) is 21.3 Å². The van der Waals surface area contributed by atoms with Crippen molar-refractivity contribution >= 4 is 56.0 Å². The molecule has 0 spiro atoms. The van der Waals surface area contributed by atoms with Crippen molar-refractivity contribution in [2.45, 2.75) is 6.92 Å². The van der Waals surface area contributed by atoms with Crippen molar-refractivity contribution in [3.8, 4) is 0 Å². The summed E-state index contributed by atoms with van der Waals surface area (Å²) in [7, 11) is 0. The number of aromatic nitrogens is 1. The Morgan fingerprint density at radius 1 is 1.30 bits per heavy atom. The minimum Gasteiger partial charge on any atom is -0.379 e. The summed E-state index contributed by atoms with van der Waals surface area (Å²) >= 11 is 7.65. The summed E-state index contributed by atoms with van der Waals surface area (Å²) in [6, 6.07) is 9.79. The summed E-state index contributed by atoms with van der Waals surface area (Å²) in [5.41, 5.74) is 2.51. The molecule has 0 unspecified atom stereocenters. The number of anilines is 1. The second-order valence-corrected chi connectivity index (χ2v) is 9.14. The van der Waals surface area contributed by atoms with Gasteiger partial charge in [-0.2, -0.15) is 0 Å². The van der Waals surface area contributed by atoms with Gasteiger partial charge in [0.25, 0.3) is 11.6 Å². The first-order valence-electron chi connectivity index (χ1n) is 10.5. The molecule has 4 rings (SSSR count). The maximum absolute atomic E-state index is 13.2. The number of aryl methyl sites for hydroxylation is 1. The highest BCUT2D eigenvalue weighted by molar-refractivity contribution is 7.22. The molecule has 1 fully saturated rings. The number of morpholine rings is 1. The molecule has 2 heterocycles. The van der Waals surface area contributed by atoms with E-state index >= 15 is 0 Å². The third-order valence-corrected chi connectivity index (χ3v) is 6.65. The monoisotopic (exact) mass is 486 g/mol. The third kappa shape index (κ3) is 5.75. The lowest BCUT2D eigenvalue weighted by atomic mass is 10.2. The molecule has 8 nitrogen and oxygen atoms in total. The first-order valence-corrected chi connectivity index (χ1v) is 11.7. The molecule has 2 aromatic carbocycles. The molecule has 0 radical (unpaired) electrons. The van der Waals surface area contributed by atoms with Crippen LogP contribution >= 0.6 is 22.9 Å². The number of carbonyl (C=O) groups is 1. The summed E-state index contributed by atoms with van der Waals surface area (Å²) in [6.07, 6.45) is 3.13. The maximum Gasteiger partial charge on any atom is 0.269 e. The minimum absolute atomic E-state index is 0.00844. The molecule has 33 heavy (non-hydrogen) atoms. The van der Waals surface area contributed by atoms with E-state index in [-0.39, 0.29) is 11.6 Å². The van der Waals surface area contributed by atoms with Crippen LogP contribution in [0.4, 0.5) is 10.8 Å². The van der Waals surface area contributed by atoms with E-state index in [2.05, 4.69) is 4.90 Å². The van der Waals surface area contributed by atoms with Crippen LogP contribution in [-0.2, 0) is 9.53 Å². The first kappa shape index (κ1) is 23.3. The Kier molecular flexibility index (Phi) is 7.34. The molecule has 172 valence electrons. The van der Waals surface area contributed by atoms with Gasteiger partial charge in [0.2, 0.25) is 0 Å². The lowest BCUT2D eigenvalue weighted by Crippen LogP contribution is -2.42. The van der Waals surface area contributed by atoms with E-state index in [0.717, 1.165) is 28.9 Å². The zero-order chi connectivity index (χ0) is 23.4. The molecule has 1 saturated heterocycles. The summed E-state index contributed by atoms with van der Waals surface area (Å²) in [6.45, 7) is 6.17. The van der Waals surface area contributed by atoms with Gasteiger partial charge in [0.05, 0.1) is 28.4 Å². The molecule has 1 aliphatic rings. The van der Waals surface area contributed by atoms with E-state index in [1.54, 1.807) is 23.1 Å². The molecular weight excluding hydrogens is 464 g/mol. The van der Waals surface area contributed by atoms with Crippen molar-refractivity contribution in [3.05, 3.63) is 68.7 Å². The van der Waals surface area contributed by atoms with E-state index in [1.165, 1.54) is 29.5 Å². The Balaban J connectivity index is 1.58. The SMILES string of the molecule is Cc1cc(Cl)cc2sc(N(CCN3CCOCC3)C(=O)C=Cc3ccc([N+](=O)[O-])cc3)nc12. The third-order valence-electron chi connectivity index (χ3n) is 5.40. The average molecular weight is 487 g/mol. The molecule has 0 N–H and O–H groups in total. The summed E-state index contributed by atoms with van der Waals surface area (Å²) in [4.78, 5) is 32.3. The molecule has 1 aliphatic heterocycles. The van der Waals surface area contributed by atoms with Crippen molar-refractivity contribution in [2.75, 3.05) is 44.3 Å². The molecule has 3 aromatic rings. The number of fused-ring (bicyclic) bond motifs is 1. The van der Waals surface area contributed by atoms with Gasteiger partial charge in [-0.15, -0.1) is 0 Å². The largest absolute Gasteiger partial charge is 0.379 e. The molecule has 10 heteroatoms. The van der Waals surface area contributed by atoms with Crippen molar-refractivity contribution in [1.82, 2.24) is 9.88 Å². The number of amides is 1. The number of non-ortho nitro benzene ring substituents is 1. The van der Waals surface area contributed by atoms with Crippen molar-refractivity contribution in [1.29, 1.82) is 0 Å². The van der Waals surface area contributed by atoms with Crippen LogP contribution in [0.25, 0.3) is 16.3 Å². The van der Waals surface area contributed by atoms with Crippen LogP contribution in [0.1, 0.15) is 11.1 Å². The zero-order valence-electron chi connectivity index (χ0n) is 18.1. The predicted octanol–water partition coefficient (Wildman–Crippen LogP) is 4.54. The van der Waals surface area contributed by atoms with Gasteiger partial charge < -0.3 is 4.74 Å². The molecular formula is C23H23ClN4O4S. The average Bonchev–Trinajstić information content (AvgIpc) is 3.23. The van der Waals surface area contributed by atoms with E-state index in [9.17, 15) is 14.9 Å². The van der Waals surface area contributed by atoms with Gasteiger partial charge in [0.15, 0.2) is 5.13 Å². The number of nitro groups is 1. The summed E-state index contributed by atoms with van der Waals surface area (Å²) < 4.78 is 6.34.